The fraction of sp³-hybridized carbons (Fsp3) is 0.385. The van der Waals surface area contributed by atoms with Crippen LogP contribution in [0.25, 0.3) is 0 Å². The van der Waals surface area contributed by atoms with E-state index in [0.717, 1.165) is 4.90 Å². The Hall–Kier alpha value is -1.88. The predicted octanol–water partition coefficient (Wildman–Crippen LogP) is 0.697. The van der Waals surface area contributed by atoms with E-state index in [9.17, 15) is 14.7 Å². The summed E-state index contributed by atoms with van der Waals surface area (Å²) in [6.07, 6.45) is -0.642. The van der Waals surface area contributed by atoms with Gasteiger partial charge in [0, 0.05) is 18.0 Å². The third-order valence-electron chi connectivity index (χ3n) is 3.15. The van der Waals surface area contributed by atoms with Crippen molar-refractivity contribution in [3.8, 4) is 0 Å². The number of carbonyl (C=O) groups excluding carboxylic acids is 2. The molecule has 2 amide bonds. The van der Waals surface area contributed by atoms with E-state index >= 15 is 0 Å². The number of carbonyl (C=O) groups is 2. The highest BCUT2D eigenvalue weighted by Crippen LogP contribution is 2.23. The van der Waals surface area contributed by atoms with Gasteiger partial charge in [0.25, 0.3) is 0 Å². The molecule has 1 heterocycles. The van der Waals surface area contributed by atoms with E-state index in [1.54, 1.807) is 31.2 Å². The molecule has 0 aliphatic carbocycles. The molecule has 2 rings (SSSR count). The van der Waals surface area contributed by atoms with Gasteiger partial charge in [-0.1, -0.05) is 19.1 Å². The van der Waals surface area contributed by atoms with Gasteiger partial charge in [-0.05, 0) is 17.7 Å². The fourth-order valence-corrected chi connectivity index (χ4v) is 2.04. The number of nitrogen functional groups attached to an aromatic ring is 1. The van der Waals surface area contributed by atoms with Crippen LogP contribution in [-0.2, 0) is 9.59 Å². The third-order valence-corrected chi connectivity index (χ3v) is 3.15. The van der Waals surface area contributed by atoms with Crippen LogP contribution in [0.1, 0.15) is 25.0 Å². The number of β-amino-alcohol motifs (C(OH)–C–C–N with tert-alkyl or cyclic N) is 1. The van der Waals surface area contributed by atoms with Gasteiger partial charge in [-0.15, -0.1) is 0 Å². The lowest BCUT2D eigenvalue weighted by molar-refractivity contribution is -0.140. The van der Waals surface area contributed by atoms with Crippen molar-refractivity contribution in [3.63, 3.8) is 0 Å². The molecule has 1 aliphatic heterocycles. The van der Waals surface area contributed by atoms with Crippen molar-refractivity contribution in [2.45, 2.75) is 19.4 Å². The molecule has 5 heteroatoms. The molecule has 1 saturated heterocycles. The molecule has 0 aromatic heterocycles. The quantitative estimate of drug-likeness (QED) is 0.609. The number of rotatable bonds is 3. The minimum Gasteiger partial charge on any atom is -0.399 e. The van der Waals surface area contributed by atoms with Gasteiger partial charge in [0.15, 0.2) is 0 Å². The van der Waals surface area contributed by atoms with Gasteiger partial charge in [-0.2, -0.15) is 0 Å². The highest BCUT2D eigenvalue weighted by Gasteiger charge is 2.36. The Bertz CT molecular complexity index is 470. The molecule has 0 spiro atoms. The van der Waals surface area contributed by atoms with Crippen molar-refractivity contribution in [2.75, 3.05) is 12.3 Å². The second-order valence-electron chi connectivity index (χ2n) is 4.63. The number of benzene rings is 1. The van der Waals surface area contributed by atoms with E-state index < -0.39 is 6.10 Å². The Balaban J connectivity index is 2.07. The highest BCUT2D eigenvalue weighted by molar-refractivity contribution is 6.03. The van der Waals surface area contributed by atoms with Crippen molar-refractivity contribution < 1.29 is 14.7 Å². The number of likely N-dealkylation sites (tertiary alicyclic amines) is 1. The number of amides is 2. The average Bonchev–Trinajstić information content (AvgIpc) is 2.57. The number of imide groups is 1. The van der Waals surface area contributed by atoms with Crippen LogP contribution in [0, 0.1) is 5.92 Å². The Morgan fingerprint density at radius 2 is 2.00 bits per heavy atom. The van der Waals surface area contributed by atoms with E-state index in [1.807, 2.05) is 0 Å². The summed E-state index contributed by atoms with van der Waals surface area (Å²) in [7, 11) is 0. The molecule has 1 fully saturated rings. The van der Waals surface area contributed by atoms with Crippen LogP contribution in [0.3, 0.4) is 0 Å². The van der Waals surface area contributed by atoms with Gasteiger partial charge < -0.3 is 10.8 Å². The number of anilines is 1. The summed E-state index contributed by atoms with van der Waals surface area (Å²) in [5.41, 5.74) is 6.80. The lowest BCUT2D eigenvalue weighted by atomic mass is 10.1. The minimum absolute atomic E-state index is 0.00588. The summed E-state index contributed by atoms with van der Waals surface area (Å²) >= 11 is 0. The molecule has 0 radical (unpaired) electrons. The monoisotopic (exact) mass is 248 g/mol. The van der Waals surface area contributed by atoms with Gasteiger partial charge in [0.05, 0.1) is 12.6 Å². The summed E-state index contributed by atoms with van der Waals surface area (Å²) in [6, 6.07) is 6.73. The number of hydrogen-bond donors (Lipinski definition) is 2. The largest absolute Gasteiger partial charge is 0.399 e. The first-order valence-corrected chi connectivity index (χ1v) is 5.86. The molecule has 96 valence electrons. The Kier molecular flexibility index (Phi) is 3.34. The zero-order chi connectivity index (χ0) is 13.3. The summed E-state index contributed by atoms with van der Waals surface area (Å²) < 4.78 is 0. The van der Waals surface area contributed by atoms with Crippen LogP contribution in [0.5, 0.6) is 0 Å². The van der Waals surface area contributed by atoms with Crippen LogP contribution in [0.2, 0.25) is 0 Å². The van der Waals surface area contributed by atoms with Gasteiger partial charge in [-0.3, -0.25) is 14.5 Å². The standard InChI is InChI=1S/C13H16N2O3/c1-8-6-12(17)15(13(8)18)7-11(16)9-2-4-10(14)5-3-9/h2-5,8,11,16H,6-7,14H2,1H3. The van der Waals surface area contributed by atoms with Crippen molar-refractivity contribution in [2.24, 2.45) is 5.92 Å². The van der Waals surface area contributed by atoms with Gasteiger partial charge in [0.2, 0.25) is 11.8 Å². The first-order valence-electron chi connectivity index (χ1n) is 5.86. The number of nitrogens with zero attached hydrogens (tertiary/aromatic N) is 1. The number of nitrogens with two attached hydrogens (primary N) is 1. The second-order valence-corrected chi connectivity index (χ2v) is 4.63. The molecule has 0 bridgehead atoms. The zero-order valence-electron chi connectivity index (χ0n) is 10.2. The maximum absolute atomic E-state index is 11.7. The molecule has 1 aliphatic rings. The minimum atomic E-state index is -0.871. The SMILES string of the molecule is CC1CC(=O)N(CC(O)c2ccc(N)cc2)C1=O. The highest BCUT2D eigenvalue weighted by atomic mass is 16.3. The number of aliphatic hydroxyl groups is 1. The smallest absolute Gasteiger partial charge is 0.232 e. The van der Waals surface area contributed by atoms with E-state index in [4.69, 9.17) is 5.73 Å². The van der Waals surface area contributed by atoms with E-state index in [-0.39, 0.29) is 30.7 Å². The second kappa shape index (κ2) is 4.78. The molecule has 1 aromatic rings. The van der Waals surface area contributed by atoms with Crippen molar-refractivity contribution in [1.82, 2.24) is 4.90 Å². The number of hydrogen-bond acceptors (Lipinski definition) is 4. The maximum Gasteiger partial charge on any atom is 0.232 e. The Morgan fingerprint density at radius 1 is 1.39 bits per heavy atom. The van der Waals surface area contributed by atoms with E-state index in [2.05, 4.69) is 0 Å². The zero-order valence-corrected chi connectivity index (χ0v) is 10.2. The summed E-state index contributed by atoms with van der Waals surface area (Å²) in [5, 5.41) is 10.0. The Labute approximate surface area is 105 Å². The van der Waals surface area contributed by atoms with Gasteiger partial charge in [0.1, 0.15) is 0 Å². The van der Waals surface area contributed by atoms with Crippen LogP contribution >= 0.6 is 0 Å². The maximum atomic E-state index is 11.7. The molecule has 0 saturated carbocycles. The van der Waals surface area contributed by atoms with Crippen molar-refractivity contribution in [3.05, 3.63) is 29.8 Å². The van der Waals surface area contributed by atoms with Gasteiger partial charge >= 0.3 is 0 Å². The third kappa shape index (κ3) is 2.36. The average molecular weight is 248 g/mol. The Morgan fingerprint density at radius 3 is 2.50 bits per heavy atom. The summed E-state index contributed by atoms with van der Waals surface area (Å²) in [4.78, 5) is 24.4. The number of aliphatic hydroxyl groups excluding tert-OH is 1. The molecule has 1 aromatic carbocycles. The summed E-state index contributed by atoms with van der Waals surface area (Å²) in [6.45, 7) is 1.72. The van der Waals surface area contributed by atoms with Crippen LogP contribution in [0.4, 0.5) is 5.69 Å². The van der Waals surface area contributed by atoms with Crippen LogP contribution in [0.15, 0.2) is 24.3 Å². The molecule has 2 atom stereocenters. The summed E-state index contributed by atoms with van der Waals surface area (Å²) in [5.74, 6) is -0.715. The molecular weight excluding hydrogens is 232 g/mol. The van der Waals surface area contributed by atoms with Gasteiger partial charge in [-0.25, -0.2) is 0 Å². The van der Waals surface area contributed by atoms with E-state index in [0.29, 0.717) is 11.3 Å². The molecule has 3 N–H and O–H groups in total. The molecule has 18 heavy (non-hydrogen) atoms. The lowest BCUT2D eigenvalue weighted by Crippen LogP contribution is -2.34. The fourth-order valence-electron chi connectivity index (χ4n) is 2.04. The van der Waals surface area contributed by atoms with Crippen molar-refractivity contribution in [1.29, 1.82) is 0 Å². The van der Waals surface area contributed by atoms with Crippen LogP contribution in [-0.4, -0.2) is 28.4 Å². The molecule has 5 nitrogen and oxygen atoms in total. The first-order chi connectivity index (χ1) is 8.49. The van der Waals surface area contributed by atoms with Crippen molar-refractivity contribution >= 4 is 17.5 Å². The topological polar surface area (TPSA) is 83.6 Å². The molecular formula is C13H16N2O3. The predicted molar refractivity (Wildman–Crippen MR) is 66.3 cm³/mol. The van der Waals surface area contributed by atoms with Crippen LogP contribution < -0.4 is 5.73 Å². The molecule has 2 unspecified atom stereocenters. The first kappa shape index (κ1) is 12.6. The van der Waals surface area contributed by atoms with E-state index in [1.165, 1.54) is 0 Å². The lowest BCUT2D eigenvalue weighted by Gasteiger charge is -2.19. The normalized spacial score (nSPS) is 21.4.